The first-order valence-corrected chi connectivity index (χ1v) is 8.71. The van der Waals surface area contributed by atoms with E-state index in [1.54, 1.807) is 4.90 Å². The highest BCUT2D eigenvalue weighted by Crippen LogP contribution is 2.19. The van der Waals surface area contributed by atoms with Crippen LogP contribution in [0.25, 0.3) is 0 Å². The standard InChI is InChI=1S/C18H29N3O2/c1-2-3-11-20(13-14-22)18(23)19-16-8-7-12-21(15-16)17-9-5-4-6-10-17/h4-6,9-10,16,22H,2-3,7-8,11-15H2,1H3,(H,19,23). The maximum atomic E-state index is 12.4. The molecule has 1 fully saturated rings. The van der Waals surface area contributed by atoms with E-state index < -0.39 is 0 Å². The normalized spacial score (nSPS) is 17.8. The van der Waals surface area contributed by atoms with Crippen LogP contribution < -0.4 is 10.2 Å². The molecular formula is C18H29N3O2. The maximum Gasteiger partial charge on any atom is 0.317 e. The molecule has 23 heavy (non-hydrogen) atoms. The Bertz CT molecular complexity index is 467. The number of nitrogens with one attached hydrogen (secondary N) is 1. The SMILES string of the molecule is CCCCN(CCO)C(=O)NC1CCCN(c2ccccc2)C1. The third kappa shape index (κ3) is 5.43. The van der Waals surface area contributed by atoms with Crippen LogP contribution in [0.5, 0.6) is 0 Å². The van der Waals surface area contributed by atoms with Crippen molar-refractivity contribution in [3.63, 3.8) is 0 Å². The van der Waals surface area contributed by atoms with Crippen LogP contribution in [0.1, 0.15) is 32.6 Å². The smallest absolute Gasteiger partial charge is 0.317 e. The molecule has 1 heterocycles. The molecule has 0 bridgehead atoms. The van der Waals surface area contributed by atoms with Crippen molar-refractivity contribution in [3.05, 3.63) is 30.3 Å². The van der Waals surface area contributed by atoms with Gasteiger partial charge in [-0.05, 0) is 31.4 Å². The van der Waals surface area contributed by atoms with E-state index >= 15 is 0 Å². The van der Waals surface area contributed by atoms with Gasteiger partial charge in [0, 0.05) is 37.9 Å². The fourth-order valence-electron chi connectivity index (χ4n) is 3.02. The molecule has 1 aliphatic heterocycles. The van der Waals surface area contributed by atoms with Crippen molar-refractivity contribution in [2.45, 2.75) is 38.6 Å². The fourth-order valence-corrected chi connectivity index (χ4v) is 3.02. The monoisotopic (exact) mass is 319 g/mol. The Morgan fingerprint density at radius 1 is 1.35 bits per heavy atom. The zero-order valence-corrected chi connectivity index (χ0v) is 14.1. The van der Waals surface area contributed by atoms with Gasteiger partial charge in [0.15, 0.2) is 0 Å². The third-order valence-corrected chi connectivity index (χ3v) is 4.31. The van der Waals surface area contributed by atoms with Crippen LogP contribution >= 0.6 is 0 Å². The number of para-hydroxylation sites is 1. The van der Waals surface area contributed by atoms with Gasteiger partial charge in [-0.25, -0.2) is 4.79 Å². The first-order chi connectivity index (χ1) is 11.2. The van der Waals surface area contributed by atoms with Crippen LogP contribution in [0.3, 0.4) is 0 Å². The summed E-state index contributed by atoms with van der Waals surface area (Å²) in [5, 5.41) is 12.3. The van der Waals surface area contributed by atoms with E-state index in [2.05, 4.69) is 29.3 Å². The molecule has 0 saturated carbocycles. The minimum atomic E-state index is -0.0487. The van der Waals surface area contributed by atoms with Gasteiger partial charge in [-0.15, -0.1) is 0 Å². The summed E-state index contributed by atoms with van der Waals surface area (Å²) < 4.78 is 0. The fraction of sp³-hybridized carbons (Fsp3) is 0.611. The number of piperidine rings is 1. The number of benzene rings is 1. The van der Waals surface area contributed by atoms with Crippen molar-refractivity contribution in [2.24, 2.45) is 0 Å². The molecule has 2 N–H and O–H groups in total. The Morgan fingerprint density at radius 3 is 2.83 bits per heavy atom. The molecule has 1 aliphatic rings. The lowest BCUT2D eigenvalue weighted by Crippen LogP contribution is -2.52. The van der Waals surface area contributed by atoms with Crippen LogP contribution in [0, 0.1) is 0 Å². The Hall–Kier alpha value is -1.75. The number of anilines is 1. The van der Waals surface area contributed by atoms with Gasteiger partial charge < -0.3 is 20.2 Å². The van der Waals surface area contributed by atoms with E-state index in [0.717, 1.165) is 38.8 Å². The molecule has 1 unspecified atom stereocenters. The van der Waals surface area contributed by atoms with Gasteiger partial charge in [-0.3, -0.25) is 0 Å². The van der Waals surface area contributed by atoms with Crippen LogP contribution in [0.15, 0.2) is 30.3 Å². The molecule has 128 valence electrons. The van der Waals surface area contributed by atoms with E-state index in [4.69, 9.17) is 5.11 Å². The summed E-state index contributed by atoms with van der Waals surface area (Å²) in [5.41, 5.74) is 1.21. The second-order valence-corrected chi connectivity index (χ2v) is 6.13. The van der Waals surface area contributed by atoms with Gasteiger partial charge in [-0.2, -0.15) is 0 Å². The predicted octanol–water partition coefficient (Wildman–Crippen LogP) is 2.46. The highest BCUT2D eigenvalue weighted by Gasteiger charge is 2.23. The lowest BCUT2D eigenvalue weighted by Gasteiger charge is -2.36. The number of carbonyl (C=O) groups excluding carboxylic acids is 1. The second kappa shape index (κ2) is 9.40. The molecule has 0 aromatic heterocycles. The van der Waals surface area contributed by atoms with E-state index in [1.807, 2.05) is 18.2 Å². The summed E-state index contributed by atoms with van der Waals surface area (Å²) >= 11 is 0. The number of carbonyl (C=O) groups is 1. The molecule has 0 spiro atoms. The van der Waals surface area contributed by atoms with Crippen molar-refractivity contribution in [1.29, 1.82) is 0 Å². The lowest BCUT2D eigenvalue weighted by molar-refractivity contribution is 0.172. The van der Waals surface area contributed by atoms with E-state index in [9.17, 15) is 4.79 Å². The van der Waals surface area contributed by atoms with Crippen molar-refractivity contribution in [3.8, 4) is 0 Å². The zero-order valence-electron chi connectivity index (χ0n) is 14.1. The molecule has 1 aromatic rings. The summed E-state index contributed by atoms with van der Waals surface area (Å²) in [6, 6.07) is 10.5. The van der Waals surface area contributed by atoms with Gasteiger partial charge in [-0.1, -0.05) is 31.5 Å². The number of unbranched alkanes of at least 4 members (excludes halogenated alkanes) is 1. The summed E-state index contributed by atoms with van der Waals surface area (Å²) in [6.45, 7) is 5.11. The summed E-state index contributed by atoms with van der Waals surface area (Å²) in [5.74, 6) is 0. The van der Waals surface area contributed by atoms with Gasteiger partial charge in [0.2, 0.25) is 0 Å². The van der Waals surface area contributed by atoms with Crippen LogP contribution in [0.2, 0.25) is 0 Å². The van der Waals surface area contributed by atoms with Crippen LogP contribution in [0.4, 0.5) is 10.5 Å². The lowest BCUT2D eigenvalue weighted by atomic mass is 10.0. The van der Waals surface area contributed by atoms with Crippen molar-refractivity contribution in [1.82, 2.24) is 10.2 Å². The Balaban J connectivity index is 1.89. The Kier molecular flexibility index (Phi) is 7.20. The number of hydrogen-bond donors (Lipinski definition) is 2. The summed E-state index contributed by atoms with van der Waals surface area (Å²) in [6.07, 6.45) is 4.10. The summed E-state index contributed by atoms with van der Waals surface area (Å²) in [7, 11) is 0. The van der Waals surface area contributed by atoms with Gasteiger partial charge >= 0.3 is 6.03 Å². The van der Waals surface area contributed by atoms with Crippen molar-refractivity contribution >= 4 is 11.7 Å². The molecule has 0 radical (unpaired) electrons. The summed E-state index contributed by atoms with van der Waals surface area (Å²) in [4.78, 5) is 16.5. The second-order valence-electron chi connectivity index (χ2n) is 6.13. The van der Waals surface area contributed by atoms with Crippen LogP contribution in [-0.2, 0) is 0 Å². The molecule has 1 atom stereocenters. The molecule has 2 amide bonds. The Morgan fingerprint density at radius 2 is 2.13 bits per heavy atom. The largest absolute Gasteiger partial charge is 0.395 e. The predicted molar refractivity (Wildman–Crippen MR) is 93.8 cm³/mol. The highest BCUT2D eigenvalue weighted by molar-refractivity contribution is 5.74. The molecule has 1 aromatic carbocycles. The quantitative estimate of drug-likeness (QED) is 0.812. The molecular weight excluding hydrogens is 290 g/mol. The molecule has 5 nitrogen and oxygen atoms in total. The van der Waals surface area contributed by atoms with Gasteiger partial charge in [0.05, 0.1) is 6.61 Å². The molecule has 2 rings (SSSR count). The van der Waals surface area contributed by atoms with E-state index in [-0.39, 0.29) is 18.7 Å². The third-order valence-electron chi connectivity index (χ3n) is 4.31. The van der Waals surface area contributed by atoms with Gasteiger partial charge in [0.1, 0.15) is 0 Å². The zero-order chi connectivity index (χ0) is 16.5. The van der Waals surface area contributed by atoms with Gasteiger partial charge in [0.25, 0.3) is 0 Å². The number of aliphatic hydroxyl groups is 1. The number of hydrogen-bond acceptors (Lipinski definition) is 3. The number of amides is 2. The van der Waals surface area contributed by atoms with E-state index in [1.165, 1.54) is 5.69 Å². The van der Waals surface area contributed by atoms with E-state index in [0.29, 0.717) is 13.1 Å². The van der Waals surface area contributed by atoms with Crippen molar-refractivity contribution < 1.29 is 9.90 Å². The molecule has 1 saturated heterocycles. The number of aliphatic hydroxyl groups excluding tert-OH is 1. The first kappa shape index (κ1) is 17.6. The molecule has 5 heteroatoms. The average molecular weight is 319 g/mol. The number of urea groups is 1. The number of nitrogens with zero attached hydrogens (tertiary/aromatic N) is 2. The topological polar surface area (TPSA) is 55.8 Å². The molecule has 0 aliphatic carbocycles. The average Bonchev–Trinajstić information content (AvgIpc) is 2.59. The maximum absolute atomic E-state index is 12.4. The van der Waals surface area contributed by atoms with Crippen molar-refractivity contribution in [2.75, 3.05) is 37.7 Å². The van der Waals surface area contributed by atoms with Crippen LogP contribution in [-0.4, -0.2) is 54.9 Å². The number of rotatable bonds is 7. The Labute approximate surface area is 139 Å². The first-order valence-electron chi connectivity index (χ1n) is 8.71. The minimum Gasteiger partial charge on any atom is -0.395 e. The minimum absolute atomic E-state index is 0.0118. The highest BCUT2D eigenvalue weighted by atomic mass is 16.3.